The zero-order chi connectivity index (χ0) is 8.32. The standard InChI is InChI=1S/C4H8N4O2S/c5-11(9,10)7-3-4-1-2-6-8-4/h1-2,7H,3H2,(H,6,8)(H2,5,9,10). The summed E-state index contributed by atoms with van der Waals surface area (Å²) in [5.41, 5.74) is 0.666. The van der Waals surface area contributed by atoms with Gasteiger partial charge in [0.15, 0.2) is 0 Å². The number of nitrogens with zero attached hydrogens (tertiary/aromatic N) is 1. The number of nitrogens with one attached hydrogen (secondary N) is 2. The van der Waals surface area contributed by atoms with E-state index in [1.54, 1.807) is 6.07 Å². The molecule has 0 aliphatic rings. The quantitative estimate of drug-likeness (QED) is 0.533. The molecule has 62 valence electrons. The molecule has 1 heterocycles. The Morgan fingerprint density at radius 1 is 1.73 bits per heavy atom. The van der Waals surface area contributed by atoms with Crippen molar-refractivity contribution in [3.8, 4) is 0 Å². The molecule has 6 nitrogen and oxygen atoms in total. The lowest BCUT2D eigenvalue weighted by Crippen LogP contribution is -2.30. The monoisotopic (exact) mass is 176 g/mol. The molecule has 0 fully saturated rings. The Labute approximate surface area is 64.0 Å². The van der Waals surface area contributed by atoms with Gasteiger partial charge in [-0.05, 0) is 6.07 Å². The van der Waals surface area contributed by atoms with Crippen molar-refractivity contribution in [1.29, 1.82) is 0 Å². The minimum absolute atomic E-state index is 0.138. The lowest BCUT2D eigenvalue weighted by molar-refractivity contribution is 0.582. The van der Waals surface area contributed by atoms with E-state index in [9.17, 15) is 8.42 Å². The van der Waals surface area contributed by atoms with E-state index in [0.29, 0.717) is 5.69 Å². The third-order valence-corrected chi connectivity index (χ3v) is 1.57. The minimum atomic E-state index is -3.60. The van der Waals surface area contributed by atoms with Crippen molar-refractivity contribution < 1.29 is 8.42 Å². The summed E-state index contributed by atoms with van der Waals surface area (Å²) in [7, 11) is -3.60. The van der Waals surface area contributed by atoms with Crippen LogP contribution in [0, 0.1) is 0 Å². The van der Waals surface area contributed by atoms with E-state index in [1.165, 1.54) is 6.20 Å². The highest BCUT2D eigenvalue weighted by molar-refractivity contribution is 7.87. The maximum absolute atomic E-state index is 10.4. The van der Waals surface area contributed by atoms with Gasteiger partial charge in [-0.25, -0.2) is 5.14 Å². The number of nitrogens with two attached hydrogens (primary N) is 1. The van der Waals surface area contributed by atoms with Gasteiger partial charge in [0.1, 0.15) is 0 Å². The molecule has 4 N–H and O–H groups in total. The third-order valence-electron chi connectivity index (χ3n) is 1.02. The van der Waals surface area contributed by atoms with Crippen LogP contribution < -0.4 is 9.86 Å². The van der Waals surface area contributed by atoms with Gasteiger partial charge in [-0.2, -0.15) is 18.2 Å². The van der Waals surface area contributed by atoms with Crippen molar-refractivity contribution in [3.05, 3.63) is 18.0 Å². The van der Waals surface area contributed by atoms with Crippen molar-refractivity contribution in [2.45, 2.75) is 6.54 Å². The van der Waals surface area contributed by atoms with Crippen molar-refractivity contribution >= 4 is 10.2 Å². The zero-order valence-electron chi connectivity index (χ0n) is 5.61. The molecule has 1 aromatic heterocycles. The maximum atomic E-state index is 10.4. The molecule has 0 saturated heterocycles. The predicted molar refractivity (Wildman–Crippen MR) is 38.5 cm³/mol. The van der Waals surface area contributed by atoms with Gasteiger partial charge in [0, 0.05) is 6.20 Å². The highest BCUT2D eigenvalue weighted by Gasteiger charge is 2.00. The molecule has 7 heteroatoms. The van der Waals surface area contributed by atoms with E-state index in [0.717, 1.165) is 0 Å². The second-order valence-electron chi connectivity index (χ2n) is 1.95. The zero-order valence-corrected chi connectivity index (χ0v) is 6.43. The Morgan fingerprint density at radius 3 is 2.91 bits per heavy atom. The van der Waals surface area contributed by atoms with Crippen LogP contribution in [0.2, 0.25) is 0 Å². The predicted octanol–water partition coefficient (Wildman–Crippen LogP) is -1.30. The molecule has 0 aliphatic heterocycles. The average molecular weight is 176 g/mol. The number of aromatic amines is 1. The minimum Gasteiger partial charge on any atom is -0.281 e. The van der Waals surface area contributed by atoms with Gasteiger partial charge >= 0.3 is 0 Å². The molecular weight excluding hydrogens is 168 g/mol. The normalized spacial score (nSPS) is 11.7. The molecule has 0 saturated carbocycles. The molecule has 11 heavy (non-hydrogen) atoms. The van der Waals surface area contributed by atoms with E-state index < -0.39 is 10.2 Å². The van der Waals surface area contributed by atoms with Gasteiger partial charge in [0.25, 0.3) is 10.2 Å². The molecule has 0 aromatic carbocycles. The molecule has 1 aromatic rings. The van der Waals surface area contributed by atoms with Crippen LogP contribution in [0.5, 0.6) is 0 Å². The summed E-state index contributed by atoms with van der Waals surface area (Å²) in [5.74, 6) is 0. The Kier molecular flexibility index (Phi) is 2.22. The van der Waals surface area contributed by atoms with Crippen LogP contribution in [0.15, 0.2) is 12.3 Å². The molecule has 0 bridgehead atoms. The van der Waals surface area contributed by atoms with Gasteiger partial charge in [0.2, 0.25) is 0 Å². The van der Waals surface area contributed by atoms with E-state index >= 15 is 0 Å². The van der Waals surface area contributed by atoms with Crippen molar-refractivity contribution in [3.63, 3.8) is 0 Å². The summed E-state index contributed by atoms with van der Waals surface area (Å²) in [5, 5.41) is 10.9. The SMILES string of the molecule is NS(=O)(=O)NCc1ccn[nH]1. The topological polar surface area (TPSA) is 101 Å². The first-order valence-corrected chi connectivity index (χ1v) is 4.38. The van der Waals surface area contributed by atoms with E-state index in [2.05, 4.69) is 20.1 Å². The van der Waals surface area contributed by atoms with Gasteiger partial charge in [-0.1, -0.05) is 0 Å². The van der Waals surface area contributed by atoms with Crippen LogP contribution >= 0.6 is 0 Å². The van der Waals surface area contributed by atoms with Crippen LogP contribution in [0.4, 0.5) is 0 Å². The fourth-order valence-corrected chi connectivity index (χ4v) is 0.918. The van der Waals surface area contributed by atoms with Crippen molar-refractivity contribution in [2.24, 2.45) is 5.14 Å². The van der Waals surface area contributed by atoms with Crippen molar-refractivity contribution in [1.82, 2.24) is 14.9 Å². The number of aromatic nitrogens is 2. The summed E-state index contributed by atoms with van der Waals surface area (Å²) in [4.78, 5) is 0. The van der Waals surface area contributed by atoms with Crippen LogP contribution in [0.3, 0.4) is 0 Å². The van der Waals surface area contributed by atoms with E-state index in [1.807, 2.05) is 0 Å². The highest BCUT2D eigenvalue weighted by atomic mass is 32.2. The first-order chi connectivity index (χ1) is 5.08. The Hall–Kier alpha value is -0.920. The van der Waals surface area contributed by atoms with Gasteiger partial charge < -0.3 is 0 Å². The van der Waals surface area contributed by atoms with Gasteiger partial charge in [-0.3, -0.25) is 5.10 Å². The summed E-state index contributed by atoms with van der Waals surface area (Å²) in [6.07, 6.45) is 1.53. The number of hydrogen-bond donors (Lipinski definition) is 3. The molecule has 0 atom stereocenters. The summed E-state index contributed by atoms with van der Waals surface area (Å²) >= 11 is 0. The van der Waals surface area contributed by atoms with Crippen LogP contribution in [-0.2, 0) is 16.8 Å². The van der Waals surface area contributed by atoms with E-state index in [-0.39, 0.29) is 6.54 Å². The average Bonchev–Trinajstić information content (AvgIpc) is 2.32. The molecular formula is C4H8N4O2S. The number of H-pyrrole nitrogens is 1. The largest absolute Gasteiger partial charge is 0.281 e. The lowest BCUT2D eigenvalue weighted by atomic mass is 10.4. The molecule has 0 radical (unpaired) electrons. The third kappa shape index (κ3) is 3.12. The number of rotatable bonds is 3. The molecule has 0 aliphatic carbocycles. The first-order valence-electron chi connectivity index (χ1n) is 2.83. The first kappa shape index (κ1) is 8.18. The fourth-order valence-electron chi connectivity index (χ4n) is 0.561. The van der Waals surface area contributed by atoms with Crippen LogP contribution in [-0.4, -0.2) is 18.6 Å². The van der Waals surface area contributed by atoms with Crippen LogP contribution in [0.1, 0.15) is 5.69 Å². The fraction of sp³-hybridized carbons (Fsp3) is 0.250. The van der Waals surface area contributed by atoms with E-state index in [4.69, 9.17) is 0 Å². The second kappa shape index (κ2) is 2.99. The summed E-state index contributed by atoms with van der Waals surface area (Å²) in [6, 6.07) is 1.65. The van der Waals surface area contributed by atoms with Crippen LogP contribution in [0.25, 0.3) is 0 Å². The summed E-state index contributed by atoms with van der Waals surface area (Å²) in [6.45, 7) is 0.138. The number of hydrogen-bond acceptors (Lipinski definition) is 3. The van der Waals surface area contributed by atoms with Gasteiger partial charge in [0.05, 0.1) is 12.2 Å². The maximum Gasteiger partial charge on any atom is 0.274 e. The van der Waals surface area contributed by atoms with Gasteiger partial charge in [-0.15, -0.1) is 0 Å². The Balaban J connectivity index is 2.48. The highest BCUT2D eigenvalue weighted by Crippen LogP contribution is 1.89. The molecule has 0 spiro atoms. The summed E-state index contributed by atoms with van der Waals surface area (Å²) < 4.78 is 22.8. The second-order valence-corrected chi connectivity index (χ2v) is 3.33. The molecule has 0 unspecified atom stereocenters. The molecule has 0 amide bonds. The smallest absolute Gasteiger partial charge is 0.274 e. The van der Waals surface area contributed by atoms with Crippen molar-refractivity contribution in [2.75, 3.05) is 0 Å². The lowest BCUT2D eigenvalue weighted by Gasteiger charge is -1.97. The molecule has 1 rings (SSSR count). The Morgan fingerprint density at radius 2 is 2.45 bits per heavy atom. The Bertz CT molecular complexity index is 303.